The zero-order valence-electron chi connectivity index (χ0n) is 21.0. The number of fused-ring (bicyclic) bond motifs is 1. The highest BCUT2D eigenvalue weighted by Gasteiger charge is 2.25. The molecule has 7 heteroatoms. The highest BCUT2D eigenvalue weighted by molar-refractivity contribution is 5.88. The quantitative estimate of drug-likeness (QED) is 0.327. The number of carbonyl (C=O) groups excluding carboxylic acids is 1. The van der Waals surface area contributed by atoms with Gasteiger partial charge in [-0.15, -0.1) is 0 Å². The molecule has 2 atom stereocenters. The molecule has 2 N–H and O–H groups in total. The van der Waals surface area contributed by atoms with Gasteiger partial charge in [0.25, 0.3) is 5.91 Å². The summed E-state index contributed by atoms with van der Waals surface area (Å²) in [6.07, 6.45) is -0.356. The third-order valence-corrected chi connectivity index (χ3v) is 6.45. The Balaban J connectivity index is 1.53. The van der Waals surface area contributed by atoms with Crippen LogP contribution in [0.15, 0.2) is 82.0 Å². The van der Waals surface area contributed by atoms with Crippen LogP contribution in [0, 0.1) is 13.8 Å². The van der Waals surface area contributed by atoms with Gasteiger partial charge in [-0.3, -0.25) is 4.79 Å². The molecule has 1 amide bonds. The van der Waals surface area contributed by atoms with E-state index in [1.807, 2.05) is 73.7 Å². The third kappa shape index (κ3) is 5.89. The Morgan fingerprint density at radius 2 is 1.54 bits per heavy atom. The number of nitrogens with one attached hydrogen (secondary N) is 1. The van der Waals surface area contributed by atoms with E-state index in [-0.39, 0.29) is 6.42 Å². The summed E-state index contributed by atoms with van der Waals surface area (Å²) in [5.41, 5.74) is 3.81. The first-order valence-electron chi connectivity index (χ1n) is 12.1. The molecule has 4 rings (SSSR count). The molecule has 0 unspecified atom stereocenters. The summed E-state index contributed by atoms with van der Waals surface area (Å²) in [5, 5.41) is 12.9. The van der Waals surface area contributed by atoms with Crippen molar-refractivity contribution in [2.75, 3.05) is 0 Å². The second-order valence-electron chi connectivity index (χ2n) is 9.07. The minimum absolute atomic E-state index is 0.152. The summed E-state index contributed by atoms with van der Waals surface area (Å²) in [4.78, 5) is 37.4. The van der Waals surface area contributed by atoms with Crippen LogP contribution in [-0.4, -0.2) is 29.1 Å². The fourth-order valence-corrected chi connectivity index (χ4v) is 4.29. The van der Waals surface area contributed by atoms with E-state index in [4.69, 9.17) is 9.15 Å². The summed E-state index contributed by atoms with van der Waals surface area (Å²) in [6, 6.07) is 21.2. The molecule has 0 aliphatic carbocycles. The minimum atomic E-state index is -1.13. The van der Waals surface area contributed by atoms with E-state index in [9.17, 15) is 19.5 Å². The van der Waals surface area contributed by atoms with Gasteiger partial charge in [0.15, 0.2) is 6.10 Å². The van der Waals surface area contributed by atoms with Crippen LogP contribution in [0.3, 0.4) is 0 Å². The topological polar surface area (TPSA) is 106 Å². The van der Waals surface area contributed by atoms with Crippen molar-refractivity contribution in [2.24, 2.45) is 0 Å². The number of carbonyl (C=O) groups is 2. The fraction of sp³-hybridized carbons (Fsp3) is 0.233. The van der Waals surface area contributed by atoms with Crippen molar-refractivity contribution in [2.45, 2.75) is 45.8 Å². The van der Waals surface area contributed by atoms with Crippen LogP contribution in [0.5, 0.6) is 5.75 Å². The normalized spacial score (nSPS) is 12.6. The number of hydrogen-bond donors (Lipinski definition) is 2. The predicted octanol–water partition coefficient (Wildman–Crippen LogP) is 4.58. The first-order valence-corrected chi connectivity index (χ1v) is 12.1. The molecule has 0 fully saturated rings. The number of hydrogen-bond acceptors (Lipinski definition) is 5. The molecule has 37 heavy (non-hydrogen) atoms. The van der Waals surface area contributed by atoms with Crippen molar-refractivity contribution < 1.29 is 23.8 Å². The van der Waals surface area contributed by atoms with Crippen molar-refractivity contribution in [3.8, 4) is 5.75 Å². The molecule has 1 heterocycles. The summed E-state index contributed by atoms with van der Waals surface area (Å²) in [7, 11) is 0. The van der Waals surface area contributed by atoms with Gasteiger partial charge >= 0.3 is 11.6 Å². The molecule has 0 saturated carbocycles. The first-order chi connectivity index (χ1) is 17.7. The Kier molecular flexibility index (Phi) is 7.72. The molecule has 0 aliphatic heterocycles. The smallest absolute Gasteiger partial charge is 0.340 e. The van der Waals surface area contributed by atoms with Crippen molar-refractivity contribution in [3.05, 3.63) is 111 Å². The van der Waals surface area contributed by atoms with Gasteiger partial charge in [-0.1, -0.05) is 60.7 Å². The lowest BCUT2D eigenvalue weighted by molar-refractivity contribution is -0.142. The minimum Gasteiger partial charge on any atom is -0.480 e. The van der Waals surface area contributed by atoms with Gasteiger partial charge in [0, 0.05) is 29.4 Å². The summed E-state index contributed by atoms with van der Waals surface area (Å²) in [6.45, 7) is 5.20. The lowest BCUT2D eigenvalue weighted by Gasteiger charge is -2.20. The number of rotatable bonds is 9. The number of aryl methyl sites for hydroxylation is 2. The average molecular weight is 500 g/mol. The molecule has 190 valence electrons. The highest BCUT2D eigenvalue weighted by Crippen LogP contribution is 2.30. The van der Waals surface area contributed by atoms with Crippen LogP contribution < -0.4 is 15.7 Å². The van der Waals surface area contributed by atoms with Crippen LogP contribution >= 0.6 is 0 Å². The van der Waals surface area contributed by atoms with Crippen LogP contribution in [0.4, 0.5) is 0 Å². The lowest BCUT2D eigenvalue weighted by Crippen LogP contribution is -2.47. The van der Waals surface area contributed by atoms with Gasteiger partial charge < -0.3 is 19.6 Å². The van der Waals surface area contributed by atoms with Crippen LogP contribution in [-0.2, 0) is 22.4 Å². The molecule has 1 aromatic heterocycles. The Morgan fingerprint density at radius 1 is 0.919 bits per heavy atom. The van der Waals surface area contributed by atoms with E-state index in [1.165, 1.54) is 0 Å². The lowest BCUT2D eigenvalue weighted by atomic mass is 9.98. The van der Waals surface area contributed by atoms with Gasteiger partial charge in [0.1, 0.15) is 17.4 Å². The Hall–Kier alpha value is -4.39. The van der Waals surface area contributed by atoms with Crippen LogP contribution in [0.25, 0.3) is 11.0 Å². The second kappa shape index (κ2) is 11.1. The molecule has 4 aromatic rings. The number of carboxylic acids is 1. The van der Waals surface area contributed by atoms with Gasteiger partial charge in [0.2, 0.25) is 0 Å². The summed E-state index contributed by atoms with van der Waals surface area (Å²) < 4.78 is 11.6. The van der Waals surface area contributed by atoms with Crippen molar-refractivity contribution in [1.82, 2.24) is 5.32 Å². The highest BCUT2D eigenvalue weighted by atomic mass is 16.5. The standard InChI is InChI=1S/C30H29NO6/c1-18-23-14-15-26(19(2)27(23)37-30(35)24(18)16-21-10-6-4-7-11-21)36-20(3)28(32)31-25(29(33)34)17-22-12-8-5-9-13-22/h4-15,20,25H,16-17H2,1-3H3,(H,31,32)(H,33,34)/t20-,25-/m1/s1. The monoisotopic (exact) mass is 499 g/mol. The maximum absolute atomic E-state index is 12.9. The van der Waals surface area contributed by atoms with Gasteiger partial charge in [-0.05, 0) is 49.6 Å². The third-order valence-electron chi connectivity index (χ3n) is 6.45. The zero-order valence-corrected chi connectivity index (χ0v) is 21.0. The van der Waals surface area contributed by atoms with Crippen molar-refractivity contribution in [1.29, 1.82) is 0 Å². The number of amides is 1. The van der Waals surface area contributed by atoms with E-state index >= 15 is 0 Å². The second-order valence-corrected chi connectivity index (χ2v) is 9.07. The summed E-state index contributed by atoms with van der Waals surface area (Å²) >= 11 is 0. The number of ether oxygens (including phenoxy) is 1. The molecular formula is C30H29NO6. The molecule has 0 bridgehead atoms. The first kappa shape index (κ1) is 25.7. The largest absolute Gasteiger partial charge is 0.480 e. The molecule has 7 nitrogen and oxygen atoms in total. The van der Waals surface area contributed by atoms with Crippen LogP contribution in [0.2, 0.25) is 0 Å². The Morgan fingerprint density at radius 3 is 2.16 bits per heavy atom. The Bertz CT molecular complexity index is 1480. The molecule has 0 saturated heterocycles. The van der Waals surface area contributed by atoms with Crippen LogP contribution in [0.1, 0.15) is 34.7 Å². The summed E-state index contributed by atoms with van der Waals surface area (Å²) in [5.74, 6) is -1.31. The van der Waals surface area contributed by atoms with E-state index in [0.717, 1.165) is 22.1 Å². The number of carboxylic acid groups (broad SMARTS) is 1. The number of aliphatic carboxylic acids is 1. The van der Waals surface area contributed by atoms with E-state index < -0.39 is 29.6 Å². The maximum Gasteiger partial charge on any atom is 0.340 e. The fourth-order valence-electron chi connectivity index (χ4n) is 4.29. The van der Waals surface area contributed by atoms with Crippen molar-refractivity contribution in [3.63, 3.8) is 0 Å². The van der Waals surface area contributed by atoms with E-state index in [2.05, 4.69) is 5.32 Å². The molecule has 0 aliphatic rings. The average Bonchev–Trinajstić information content (AvgIpc) is 2.89. The predicted molar refractivity (Wildman–Crippen MR) is 141 cm³/mol. The SMILES string of the molecule is Cc1c(Cc2ccccc2)c(=O)oc2c(C)c(O[C@H](C)C(=O)N[C@H](Cc3ccccc3)C(=O)O)ccc12. The zero-order chi connectivity index (χ0) is 26.5. The van der Waals surface area contributed by atoms with E-state index in [0.29, 0.717) is 28.9 Å². The molecule has 3 aromatic carbocycles. The maximum atomic E-state index is 12.9. The van der Waals surface area contributed by atoms with Gasteiger partial charge in [-0.2, -0.15) is 0 Å². The molecule has 0 radical (unpaired) electrons. The van der Waals surface area contributed by atoms with Gasteiger partial charge in [-0.25, -0.2) is 9.59 Å². The number of benzene rings is 3. The van der Waals surface area contributed by atoms with E-state index in [1.54, 1.807) is 19.9 Å². The molecular weight excluding hydrogens is 470 g/mol. The molecule has 0 spiro atoms. The Labute approximate surface area is 214 Å². The van der Waals surface area contributed by atoms with Crippen molar-refractivity contribution >= 4 is 22.8 Å². The van der Waals surface area contributed by atoms with Gasteiger partial charge in [0.05, 0.1) is 0 Å².